The fourth-order valence-electron chi connectivity index (χ4n) is 2.68. The molecule has 3 rings (SSSR count). The first kappa shape index (κ1) is 17.5. The largest absolute Gasteiger partial charge is 0.497 e. The van der Waals surface area contributed by atoms with Crippen LogP contribution in [-0.4, -0.2) is 43.7 Å². The number of hydrogen-bond acceptors (Lipinski definition) is 6. The van der Waals surface area contributed by atoms with Crippen LogP contribution < -0.4 is 24.4 Å². The van der Waals surface area contributed by atoms with Gasteiger partial charge < -0.3 is 19.5 Å². The van der Waals surface area contributed by atoms with E-state index in [0.29, 0.717) is 28.8 Å². The van der Waals surface area contributed by atoms with E-state index in [1.807, 2.05) is 0 Å². The van der Waals surface area contributed by atoms with E-state index in [2.05, 4.69) is 10.3 Å². The number of carbonyl (C=O) groups excluding carboxylic acids is 2. The van der Waals surface area contributed by atoms with Crippen molar-refractivity contribution in [3.8, 4) is 17.2 Å². The Morgan fingerprint density at radius 2 is 2.04 bits per heavy atom. The third kappa shape index (κ3) is 2.79. The van der Waals surface area contributed by atoms with Crippen LogP contribution in [0.2, 0.25) is 0 Å². The van der Waals surface area contributed by atoms with Crippen LogP contribution in [0, 0.1) is 0 Å². The summed E-state index contributed by atoms with van der Waals surface area (Å²) < 4.78 is 16.1. The first-order valence-corrected chi connectivity index (χ1v) is 7.86. The number of nitrogens with zero attached hydrogens (tertiary/aromatic N) is 2. The van der Waals surface area contributed by atoms with Gasteiger partial charge in [-0.05, 0) is 31.2 Å². The number of anilines is 2. The van der Waals surface area contributed by atoms with Crippen molar-refractivity contribution in [3.63, 3.8) is 0 Å². The van der Waals surface area contributed by atoms with E-state index >= 15 is 0 Å². The minimum atomic E-state index is -1.74. The molecular weight excluding hydrogens is 338 g/mol. The number of methoxy groups -OCH3 is 2. The number of aromatic nitrogens is 1. The lowest BCUT2D eigenvalue weighted by molar-refractivity contribution is -0.145. The molecule has 136 valence electrons. The summed E-state index contributed by atoms with van der Waals surface area (Å²) in [6, 6.07) is 8.27. The molecule has 1 aliphatic heterocycles. The van der Waals surface area contributed by atoms with Gasteiger partial charge in [0.1, 0.15) is 11.5 Å². The van der Waals surface area contributed by atoms with Crippen LogP contribution in [0.5, 0.6) is 17.2 Å². The predicted molar refractivity (Wildman–Crippen MR) is 94.9 cm³/mol. The van der Waals surface area contributed by atoms with Crippen molar-refractivity contribution in [2.24, 2.45) is 0 Å². The number of carbonyl (C=O) groups is 2. The minimum absolute atomic E-state index is 0.356. The highest BCUT2D eigenvalue weighted by Crippen LogP contribution is 2.36. The molecule has 2 amide bonds. The predicted octanol–water partition coefficient (Wildman–Crippen LogP) is 1.85. The van der Waals surface area contributed by atoms with Crippen molar-refractivity contribution in [1.29, 1.82) is 0 Å². The Morgan fingerprint density at radius 1 is 1.27 bits per heavy atom. The number of fused-ring (bicyclic) bond motifs is 1. The maximum atomic E-state index is 12.9. The lowest BCUT2D eigenvalue weighted by Crippen LogP contribution is -2.60. The molecular formula is C18H19N3O5. The number of pyridine rings is 1. The SMILES string of the molecule is COc1ccc(NC(=O)C2(C)Oc3cccnc3N(C)C2=O)c(OC)c1. The Balaban J connectivity index is 1.91. The lowest BCUT2D eigenvalue weighted by atomic mass is 10.0. The molecule has 1 atom stereocenters. The average molecular weight is 357 g/mol. The van der Waals surface area contributed by atoms with E-state index < -0.39 is 17.4 Å². The second-order valence-electron chi connectivity index (χ2n) is 5.84. The first-order valence-electron chi connectivity index (χ1n) is 7.86. The monoisotopic (exact) mass is 357 g/mol. The molecule has 8 heteroatoms. The summed E-state index contributed by atoms with van der Waals surface area (Å²) in [5, 5.41) is 2.69. The van der Waals surface area contributed by atoms with Crippen LogP contribution in [0.1, 0.15) is 6.92 Å². The number of hydrogen-bond donors (Lipinski definition) is 1. The van der Waals surface area contributed by atoms with Gasteiger partial charge in [-0.15, -0.1) is 0 Å². The summed E-state index contributed by atoms with van der Waals surface area (Å²) >= 11 is 0. The van der Waals surface area contributed by atoms with Gasteiger partial charge in [0.05, 0.1) is 19.9 Å². The molecule has 8 nitrogen and oxygen atoms in total. The van der Waals surface area contributed by atoms with E-state index in [0.717, 1.165) is 0 Å². The van der Waals surface area contributed by atoms with Gasteiger partial charge in [0.2, 0.25) is 0 Å². The molecule has 1 unspecified atom stereocenters. The Kier molecular flexibility index (Phi) is 4.41. The van der Waals surface area contributed by atoms with Crippen LogP contribution >= 0.6 is 0 Å². The molecule has 0 saturated heterocycles. The van der Waals surface area contributed by atoms with Crippen molar-refractivity contribution in [1.82, 2.24) is 4.98 Å². The molecule has 26 heavy (non-hydrogen) atoms. The van der Waals surface area contributed by atoms with Crippen LogP contribution in [0.25, 0.3) is 0 Å². The molecule has 0 spiro atoms. The average Bonchev–Trinajstić information content (AvgIpc) is 2.66. The third-order valence-corrected chi connectivity index (χ3v) is 4.19. The third-order valence-electron chi connectivity index (χ3n) is 4.19. The van der Waals surface area contributed by atoms with E-state index in [4.69, 9.17) is 14.2 Å². The fourth-order valence-corrected chi connectivity index (χ4v) is 2.68. The number of rotatable bonds is 4. The first-order chi connectivity index (χ1) is 12.4. The lowest BCUT2D eigenvalue weighted by Gasteiger charge is -2.37. The van der Waals surface area contributed by atoms with Gasteiger partial charge in [0.25, 0.3) is 17.4 Å². The topological polar surface area (TPSA) is 90.0 Å². The Morgan fingerprint density at radius 3 is 2.73 bits per heavy atom. The van der Waals surface area contributed by atoms with Gasteiger partial charge in [0.15, 0.2) is 11.6 Å². The van der Waals surface area contributed by atoms with Crippen LogP contribution in [0.15, 0.2) is 36.5 Å². The highest BCUT2D eigenvalue weighted by atomic mass is 16.5. The van der Waals surface area contributed by atoms with E-state index in [9.17, 15) is 9.59 Å². The highest BCUT2D eigenvalue weighted by molar-refractivity contribution is 6.19. The van der Waals surface area contributed by atoms with Gasteiger partial charge >= 0.3 is 0 Å². The summed E-state index contributed by atoms with van der Waals surface area (Å²) in [5.41, 5.74) is -1.34. The number of nitrogens with one attached hydrogen (secondary N) is 1. The van der Waals surface area contributed by atoms with Crippen LogP contribution in [0.4, 0.5) is 11.5 Å². The summed E-state index contributed by atoms with van der Waals surface area (Å²) in [6.07, 6.45) is 1.55. The summed E-state index contributed by atoms with van der Waals surface area (Å²) in [4.78, 5) is 31.1. The molecule has 0 bridgehead atoms. The highest BCUT2D eigenvalue weighted by Gasteiger charge is 2.50. The maximum Gasteiger partial charge on any atom is 0.281 e. The molecule has 1 aliphatic rings. The van der Waals surface area contributed by atoms with Crippen molar-refractivity contribution in [2.75, 3.05) is 31.5 Å². The zero-order chi connectivity index (χ0) is 18.9. The van der Waals surface area contributed by atoms with Gasteiger partial charge in [-0.1, -0.05) is 0 Å². The van der Waals surface area contributed by atoms with Crippen molar-refractivity contribution >= 4 is 23.3 Å². The molecule has 0 aliphatic carbocycles. The molecule has 0 radical (unpaired) electrons. The van der Waals surface area contributed by atoms with Gasteiger partial charge in [-0.25, -0.2) is 4.98 Å². The van der Waals surface area contributed by atoms with E-state index in [-0.39, 0.29) is 0 Å². The molecule has 0 saturated carbocycles. The van der Waals surface area contributed by atoms with Crippen molar-refractivity contribution < 1.29 is 23.8 Å². The molecule has 0 fully saturated rings. The molecule has 2 aromatic rings. The number of benzene rings is 1. The molecule has 1 aromatic heterocycles. The number of ether oxygens (including phenoxy) is 3. The fraction of sp³-hybridized carbons (Fsp3) is 0.278. The molecule has 1 aromatic carbocycles. The molecule has 1 N–H and O–H groups in total. The standard InChI is InChI=1S/C18H19N3O5/c1-18(17(23)21(2)15-13(26-18)6-5-9-19-15)16(22)20-12-8-7-11(24-3)10-14(12)25-4/h5-10H,1-4H3,(H,20,22). The summed E-state index contributed by atoms with van der Waals surface area (Å²) in [6.45, 7) is 1.42. The maximum absolute atomic E-state index is 12.9. The second-order valence-corrected chi connectivity index (χ2v) is 5.84. The Labute approximate surface area is 150 Å². The minimum Gasteiger partial charge on any atom is -0.497 e. The number of amides is 2. The smallest absolute Gasteiger partial charge is 0.281 e. The zero-order valence-corrected chi connectivity index (χ0v) is 14.9. The van der Waals surface area contributed by atoms with Crippen molar-refractivity contribution in [3.05, 3.63) is 36.5 Å². The van der Waals surface area contributed by atoms with Gasteiger partial charge in [-0.2, -0.15) is 0 Å². The van der Waals surface area contributed by atoms with Gasteiger partial charge in [0, 0.05) is 19.3 Å². The zero-order valence-electron chi connectivity index (χ0n) is 14.9. The molecule has 2 heterocycles. The summed E-state index contributed by atoms with van der Waals surface area (Å²) in [5.74, 6) is 0.565. The van der Waals surface area contributed by atoms with Crippen LogP contribution in [-0.2, 0) is 9.59 Å². The van der Waals surface area contributed by atoms with E-state index in [1.54, 1.807) is 43.6 Å². The number of likely N-dealkylation sites (N-methyl/N-ethyl adjacent to an activating group) is 1. The normalized spacial score (nSPS) is 18.6. The Bertz CT molecular complexity index is 870. The quantitative estimate of drug-likeness (QED) is 0.840. The van der Waals surface area contributed by atoms with Crippen LogP contribution in [0.3, 0.4) is 0 Å². The van der Waals surface area contributed by atoms with E-state index in [1.165, 1.54) is 26.0 Å². The Hall–Kier alpha value is -3.29. The van der Waals surface area contributed by atoms with Gasteiger partial charge in [-0.3, -0.25) is 14.5 Å². The second kappa shape index (κ2) is 6.55. The van der Waals surface area contributed by atoms with Crippen molar-refractivity contribution in [2.45, 2.75) is 12.5 Å². The summed E-state index contributed by atoms with van der Waals surface area (Å²) in [7, 11) is 4.56.